The van der Waals surface area contributed by atoms with Crippen molar-refractivity contribution in [3.8, 4) is 0 Å². The maximum absolute atomic E-state index is 13.3. The molecule has 0 radical (unpaired) electrons. The molecular weight excluding hydrogens is 257 g/mol. The molecule has 4 nitrogen and oxygen atoms in total. The molecule has 0 unspecified atom stereocenters. The number of halogens is 1. The molecule has 0 aromatic heterocycles. The first kappa shape index (κ1) is 14.6. The van der Waals surface area contributed by atoms with Gasteiger partial charge in [-0.15, -0.1) is 0 Å². The van der Waals surface area contributed by atoms with Crippen molar-refractivity contribution in [1.82, 2.24) is 4.90 Å². The van der Waals surface area contributed by atoms with Crippen molar-refractivity contribution in [2.24, 2.45) is 0 Å². The van der Waals surface area contributed by atoms with Gasteiger partial charge in [0.25, 0.3) is 0 Å². The zero-order valence-electron chi connectivity index (χ0n) is 10.4. The fraction of sp³-hybridized carbons (Fsp3) is 0.417. The third kappa shape index (κ3) is 3.80. The van der Waals surface area contributed by atoms with E-state index < -0.39 is 15.7 Å². The number of carbonyl (C=O) groups excluding carboxylic acids is 1. The van der Waals surface area contributed by atoms with Crippen LogP contribution in [0.25, 0.3) is 0 Å². The molecule has 1 amide bonds. The number of carbonyl (C=O) groups is 1. The van der Waals surface area contributed by atoms with Crippen molar-refractivity contribution in [2.75, 3.05) is 19.8 Å². The highest BCUT2D eigenvalue weighted by molar-refractivity contribution is 7.91. The van der Waals surface area contributed by atoms with Crippen molar-refractivity contribution >= 4 is 15.7 Å². The van der Waals surface area contributed by atoms with Gasteiger partial charge in [-0.25, -0.2) is 12.8 Å². The van der Waals surface area contributed by atoms with Gasteiger partial charge >= 0.3 is 0 Å². The van der Waals surface area contributed by atoms with Gasteiger partial charge in [0.15, 0.2) is 9.84 Å². The van der Waals surface area contributed by atoms with Gasteiger partial charge in [0.2, 0.25) is 5.91 Å². The summed E-state index contributed by atoms with van der Waals surface area (Å²) in [6.07, 6.45) is 0.328. The second-order valence-corrected chi connectivity index (χ2v) is 6.22. The summed E-state index contributed by atoms with van der Waals surface area (Å²) in [7, 11) is -0.448. The molecule has 1 aromatic carbocycles. The fourth-order valence-corrected chi connectivity index (χ4v) is 2.84. The third-order valence-corrected chi connectivity index (χ3v) is 4.30. The summed E-state index contributed by atoms with van der Waals surface area (Å²) in [5.74, 6) is -1.12. The minimum Gasteiger partial charge on any atom is -0.349 e. The Morgan fingerprint density at radius 2 is 1.89 bits per heavy atom. The first-order valence-electron chi connectivity index (χ1n) is 5.52. The molecule has 0 atom stereocenters. The number of nitrogens with zero attached hydrogens (tertiary/aromatic N) is 1. The molecule has 0 saturated carbocycles. The molecule has 0 saturated heterocycles. The Morgan fingerprint density at radius 1 is 1.28 bits per heavy atom. The van der Waals surface area contributed by atoms with E-state index in [4.69, 9.17) is 0 Å². The van der Waals surface area contributed by atoms with Gasteiger partial charge in [-0.3, -0.25) is 4.79 Å². The lowest BCUT2D eigenvalue weighted by Gasteiger charge is -2.10. The van der Waals surface area contributed by atoms with E-state index in [1.165, 1.54) is 23.1 Å². The zero-order valence-corrected chi connectivity index (χ0v) is 11.2. The maximum atomic E-state index is 13.3. The van der Waals surface area contributed by atoms with Crippen LogP contribution in [0.5, 0.6) is 0 Å². The minimum absolute atomic E-state index is 0.140. The summed E-state index contributed by atoms with van der Waals surface area (Å²) in [6, 6.07) is 5.25. The molecular formula is C12H16FNO3S. The molecule has 0 heterocycles. The van der Waals surface area contributed by atoms with E-state index in [1.807, 2.05) is 0 Å². The summed E-state index contributed by atoms with van der Waals surface area (Å²) in [5, 5.41) is 0. The standard InChI is InChI=1S/C12H16FNO3S/c1-14(2)12(15)8-5-9-18(16,17)11-7-4-3-6-10(11)13/h3-4,6-7H,5,8-9H2,1-2H3. The minimum atomic E-state index is -3.66. The Bertz CT molecular complexity index is 526. The topological polar surface area (TPSA) is 54.5 Å². The maximum Gasteiger partial charge on any atom is 0.222 e. The third-order valence-electron chi connectivity index (χ3n) is 2.47. The molecule has 0 bridgehead atoms. The number of hydrogen-bond donors (Lipinski definition) is 0. The summed E-state index contributed by atoms with van der Waals surface area (Å²) < 4.78 is 37.0. The lowest BCUT2D eigenvalue weighted by Crippen LogP contribution is -2.22. The molecule has 0 aliphatic rings. The monoisotopic (exact) mass is 273 g/mol. The second-order valence-electron chi connectivity index (χ2n) is 4.14. The van der Waals surface area contributed by atoms with Gasteiger partial charge in [0, 0.05) is 20.5 Å². The summed E-state index contributed by atoms with van der Waals surface area (Å²) in [4.78, 5) is 12.4. The number of benzene rings is 1. The SMILES string of the molecule is CN(C)C(=O)CCCS(=O)(=O)c1ccccc1F. The molecule has 0 aliphatic carbocycles. The van der Waals surface area contributed by atoms with Crippen LogP contribution in [0.3, 0.4) is 0 Å². The smallest absolute Gasteiger partial charge is 0.222 e. The first-order valence-corrected chi connectivity index (χ1v) is 7.17. The van der Waals surface area contributed by atoms with Gasteiger partial charge in [0.1, 0.15) is 10.7 Å². The molecule has 0 fully saturated rings. The quantitative estimate of drug-likeness (QED) is 0.816. The van der Waals surface area contributed by atoms with Crippen LogP contribution < -0.4 is 0 Å². The highest BCUT2D eigenvalue weighted by atomic mass is 32.2. The van der Waals surface area contributed by atoms with Crippen molar-refractivity contribution in [2.45, 2.75) is 17.7 Å². The number of hydrogen-bond acceptors (Lipinski definition) is 3. The average molecular weight is 273 g/mol. The predicted octanol–water partition coefficient (Wildman–Crippen LogP) is 1.47. The number of rotatable bonds is 5. The fourth-order valence-electron chi connectivity index (χ4n) is 1.44. The van der Waals surface area contributed by atoms with E-state index in [-0.39, 0.29) is 29.4 Å². The molecule has 0 N–H and O–H groups in total. The highest BCUT2D eigenvalue weighted by Crippen LogP contribution is 2.16. The molecule has 18 heavy (non-hydrogen) atoms. The van der Waals surface area contributed by atoms with Crippen LogP contribution in [0.15, 0.2) is 29.2 Å². The summed E-state index contributed by atoms with van der Waals surface area (Å²) in [6.45, 7) is 0. The lowest BCUT2D eigenvalue weighted by atomic mass is 10.3. The molecule has 0 spiro atoms. The summed E-state index contributed by atoms with van der Waals surface area (Å²) in [5.41, 5.74) is 0. The average Bonchev–Trinajstić information content (AvgIpc) is 2.28. The van der Waals surface area contributed by atoms with E-state index in [2.05, 4.69) is 0 Å². The molecule has 6 heteroatoms. The van der Waals surface area contributed by atoms with E-state index in [1.54, 1.807) is 14.1 Å². The Labute approximate surface area is 106 Å². The Balaban J connectivity index is 2.67. The van der Waals surface area contributed by atoms with Crippen LogP contribution in [0.4, 0.5) is 4.39 Å². The Hall–Kier alpha value is -1.43. The number of sulfone groups is 1. The Kier molecular flexibility index (Phi) is 4.84. The molecule has 1 rings (SSSR count). The predicted molar refractivity (Wildman–Crippen MR) is 66.4 cm³/mol. The van der Waals surface area contributed by atoms with Crippen LogP contribution in [-0.2, 0) is 14.6 Å². The second kappa shape index (κ2) is 5.95. The van der Waals surface area contributed by atoms with Crippen LogP contribution in [0.1, 0.15) is 12.8 Å². The van der Waals surface area contributed by atoms with Crippen LogP contribution in [0, 0.1) is 5.82 Å². The van der Waals surface area contributed by atoms with E-state index in [0.717, 1.165) is 6.07 Å². The van der Waals surface area contributed by atoms with Crippen LogP contribution >= 0.6 is 0 Å². The zero-order chi connectivity index (χ0) is 13.8. The van der Waals surface area contributed by atoms with Crippen LogP contribution in [0.2, 0.25) is 0 Å². The highest BCUT2D eigenvalue weighted by Gasteiger charge is 2.18. The van der Waals surface area contributed by atoms with E-state index >= 15 is 0 Å². The normalized spacial score (nSPS) is 11.3. The Morgan fingerprint density at radius 3 is 2.44 bits per heavy atom. The molecule has 0 aliphatic heterocycles. The van der Waals surface area contributed by atoms with Gasteiger partial charge in [-0.1, -0.05) is 12.1 Å². The largest absolute Gasteiger partial charge is 0.349 e. The van der Waals surface area contributed by atoms with E-state index in [9.17, 15) is 17.6 Å². The summed E-state index contributed by atoms with van der Waals surface area (Å²) >= 11 is 0. The van der Waals surface area contributed by atoms with Crippen molar-refractivity contribution in [3.63, 3.8) is 0 Å². The lowest BCUT2D eigenvalue weighted by molar-refractivity contribution is -0.128. The van der Waals surface area contributed by atoms with Crippen molar-refractivity contribution < 1.29 is 17.6 Å². The molecule has 100 valence electrons. The van der Waals surface area contributed by atoms with Gasteiger partial charge in [0.05, 0.1) is 5.75 Å². The van der Waals surface area contributed by atoms with Gasteiger partial charge in [-0.2, -0.15) is 0 Å². The number of amides is 1. The first-order chi connectivity index (χ1) is 8.34. The van der Waals surface area contributed by atoms with Crippen molar-refractivity contribution in [3.05, 3.63) is 30.1 Å². The van der Waals surface area contributed by atoms with Gasteiger partial charge < -0.3 is 4.90 Å². The molecule has 1 aromatic rings. The van der Waals surface area contributed by atoms with Crippen LogP contribution in [-0.4, -0.2) is 39.1 Å². The van der Waals surface area contributed by atoms with Crippen molar-refractivity contribution in [1.29, 1.82) is 0 Å². The van der Waals surface area contributed by atoms with Gasteiger partial charge in [-0.05, 0) is 18.6 Å². The van der Waals surface area contributed by atoms with E-state index in [0.29, 0.717) is 0 Å².